The fourth-order valence-corrected chi connectivity index (χ4v) is 1.99. The Kier molecular flexibility index (Phi) is 2.50. The van der Waals surface area contributed by atoms with E-state index in [0.29, 0.717) is 0 Å². The second-order valence-corrected chi connectivity index (χ2v) is 3.76. The molecule has 0 unspecified atom stereocenters. The first kappa shape index (κ1) is 9.59. The zero-order valence-corrected chi connectivity index (χ0v) is 7.84. The molecule has 1 aromatic rings. The van der Waals surface area contributed by atoms with Crippen molar-refractivity contribution in [2.45, 2.75) is 31.7 Å². The fraction of sp³-hybridized carbons (Fsp3) is 0.455. The fourth-order valence-electron chi connectivity index (χ4n) is 1.99. The maximum atomic E-state index is 12.4. The minimum Gasteiger partial charge on any atom is -0.324 e. The van der Waals surface area contributed by atoms with Crippen LogP contribution in [0.3, 0.4) is 0 Å². The zero-order chi connectivity index (χ0) is 10.1. The van der Waals surface area contributed by atoms with Gasteiger partial charge < -0.3 is 5.73 Å². The standard InChI is InChI=1S/C11H13F2N/c12-11(13)8-5-4-7-2-1-3-10(14)9(7)6-8/h4-6,10-11H,1-3,14H2/t10-/m0/s1. The van der Waals surface area contributed by atoms with E-state index in [1.807, 2.05) is 0 Å². The van der Waals surface area contributed by atoms with Crippen LogP contribution in [-0.4, -0.2) is 0 Å². The summed E-state index contributed by atoms with van der Waals surface area (Å²) in [6.07, 6.45) is 0.531. The molecule has 3 heteroatoms. The van der Waals surface area contributed by atoms with Gasteiger partial charge in [0.25, 0.3) is 6.43 Å². The maximum Gasteiger partial charge on any atom is 0.263 e. The second-order valence-electron chi connectivity index (χ2n) is 3.76. The van der Waals surface area contributed by atoms with Crippen LogP contribution in [0.25, 0.3) is 0 Å². The minimum absolute atomic E-state index is 0.0579. The van der Waals surface area contributed by atoms with Crippen LogP contribution in [0.2, 0.25) is 0 Å². The number of hydrogen-bond donors (Lipinski definition) is 1. The molecule has 14 heavy (non-hydrogen) atoms. The van der Waals surface area contributed by atoms with Crippen LogP contribution in [0.5, 0.6) is 0 Å². The van der Waals surface area contributed by atoms with Crippen LogP contribution in [0.1, 0.15) is 42.0 Å². The quantitative estimate of drug-likeness (QED) is 0.735. The van der Waals surface area contributed by atoms with Gasteiger partial charge in [-0.25, -0.2) is 8.78 Å². The summed E-state index contributed by atoms with van der Waals surface area (Å²) in [6, 6.07) is 4.79. The molecule has 2 rings (SSSR count). The van der Waals surface area contributed by atoms with E-state index in [2.05, 4.69) is 0 Å². The Morgan fingerprint density at radius 1 is 1.36 bits per heavy atom. The number of nitrogens with two attached hydrogens (primary N) is 1. The number of aryl methyl sites for hydroxylation is 1. The largest absolute Gasteiger partial charge is 0.324 e. The van der Waals surface area contributed by atoms with Gasteiger partial charge in [0, 0.05) is 11.6 Å². The van der Waals surface area contributed by atoms with E-state index in [-0.39, 0.29) is 11.6 Å². The number of alkyl halides is 2. The highest BCUT2D eigenvalue weighted by Crippen LogP contribution is 2.31. The van der Waals surface area contributed by atoms with Crippen LogP contribution in [0.15, 0.2) is 18.2 Å². The molecule has 0 fully saturated rings. The Morgan fingerprint density at radius 3 is 2.86 bits per heavy atom. The highest BCUT2D eigenvalue weighted by molar-refractivity contribution is 5.36. The summed E-state index contributed by atoms with van der Waals surface area (Å²) < 4.78 is 24.8. The molecular formula is C11H13F2N. The van der Waals surface area contributed by atoms with E-state index in [4.69, 9.17) is 5.73 Å². The molecule has 1 aromatic carbocycles. The van der Waals surface area contributed by atoms with E-state index < -0.39 is 6.43 Å². The predicted molar refractivity (Wildman–Crippen MR) is 51.3 cm³/mol. The monoisotopic (exact) mass is 197 g/mol. The van der Waals surface area contributed by atoms with Crippen molar-refractivity contribution in [2.75, 3.05) is 0 Å². The lowest BCUT2D eigenvalue weighted by Crippen LogP contribution is -2.17. The average molecular weight is 197 g/mol. The summed E-state index contributed by atoms with van der Waals surface area (Å²) >= 11 is 0. The molecule has 1 aliphatic rings. The topological polar surface area (TPSA) is 26.0 Å². The molecule has 0 radical (unpaired) electrons. The Morgan fingerprint density at radius 2 is 2.14 bits per heavy atom. The number of halogens is 2. The van der Waals surface area contributed by atoms with Crippen molar-refractivity contribution >= 4 is 0 Å². The van der Waals surface area contributed by atoms with Crippen molar-refractivity contribution in [1.82, 2.24) is 0 Å². The third kappa shape index (κ3) is 1.64. The number of fused-ring (bicyclic) bond motifs is 1. The Hall–Kier alpha value is -0.960. The Labute approximate surface area is 81.9 Å². The Balaban J connectivity index is 2.41. The van der Waals surface area contributed by atoms with Crippen LogP contribution in [-0.2, 0) is 6.42 Å². The molecule has 0 saturated carbocycles. The van der Waals surface area contributed by atoms with Crippen molar-refractivity contribution in [1.29, 1.82) is 0 Å². The van der Waals surface area contributed by atoms with Crippen LogP contribution in [0.4, 0.5) is 8.78 Å². The first-order valence-electron chi connectivity index (χ1n) is 4.85. The molecule has 2 N–H and O–H groups in total. The van der Waals surface area contributed by atoms with Gasteiger partial charge in [-0.1, -0.05) is 12.1 Å². The van der Waals surface area contributed by atoms with Gasteiger partial charge in [0.15, 0.2) is 0 Å². The number of rotatable bonds is 1. The molecule has 0 saturated heterocycles. The highest BCUT2D eigenvalue weighted by atomic mass is 19.3. The summed E-state index contributed by atoms with van der Waals surface area (Å²) in [4.78, 5) is 0. The van der Waals surface area contributed by atoms with Gasteiger partial charge in [-0.15, -0.1) is 0 Å². The lowest BCUT2D eigenvalue weighted by atomic mass is 9.87. The van der Waals surface area contributed by atoms with Gasteiger partial charge >= 0.3 is 0 Å². The molecule has 1 aliphatic carbocycles. The van der Waals surface area contributed by atoms with E-state index in [0.717, 1.165) is 30.4 Å². The third-order valence-electron chi connectivity index (χ3n) is 2.78. The van der Waals surface area contributed by atoms with Gasteiger partial charge in [0.2, 0.25) is 0 Å². The SMILES string of the molecule is N[C@H]1CCCc2ccc(C(F)F)cc21. The van der Waals surface area contributed by atoms with Crippen LogP contribution < -0.4 is 5.73 Å². The van der Waals surface area contributed by atoms with Gasteiger partial charge in [0.05, 0.1) is 0 Å². The summed E-state index contributed by atoms with van der Waals surface area (Å²) in [5.74, 6) is 0. The summed E-state index contributed by atoms with van der Waals surface area (Å²) in [5.41, 5.74) is 8.00. The average Bonchev–Trinajstić information content (AvgIpc) is 2.18. The van der Waals surface area contributed by atoms with Crippen LogP contribution in [0, 0.1) is 0 Å². The van der Waals surface area contributed by atoms with Gasteiger partial charge in [-0.3, -0.25) is 0 Å². The van der Waals surface area contributed by atoms with E-state index in [1.165, 1.54) is 6.07 Å². The first-order chi connectivity index (χ1) is 6.68. The van der Waals surface area contributed by atoms with Crippen molar-refractivity contribution in [3.63, 3.8) is 0 Å². The minimum atomic E-state index is -2.39. The van der Waals surface area contributed by atoms with Gasteiger partial charge in [-0.05, 0) is 36.5 Å². The highest BCUT2D eigenvalue weighted by Gasteiger charge is 2.18. The molecule has 0 heterocycles. The van der Waals surface area contributed by atoms with E-state index in [9.17, 15) is 8.78 Å². The van der Waals surface area contributed by atoms with Gasteiger partial charge in [0.1, 0.15) is 0 Å². The molecule has 1 nitrogen and oxygen atoms in total. The summed E-state index contributed by atoms with van der Waals surface area (Å²) in [6.45, 7) is 0. The molecule has 0 spiro atoms. The maximum absolute atomic E-state index is 12.4. The predicted octanol–water partition coefficient (Wildman–Crippen LogP) is 2.96. The normalized spacial score (nSPS) is 21.0. The van der Waals surface area contributed by atoms with Crippen LogP contribution >= 0.6 is 0 Å². The zero-order valence-electron chi connectivity index (χ0n) is 7.84. The molecule has 0 bridgehead atoms. The molecule has 0 amide bonds. The van der Waals surface area contributed by atoms with Crippen molar-refractivity contribution in [2.24, 2.45) is 5.73 Å². The van der Waals surface area contributed by atoms with E-state index >= 15 is 0 Å². The Bertz CT molecular complexity index is 336. The smallest absolute Gasteiger partial charge is 0.263 e. The van der Waals surface area contributed by atoms with Gasteiger partial charge in [-0.2, -0.15) is 0 Å². The lowest BCUT2D eigenvalue weighted by Gasteiger charge is -2.22. The number of hydrogen-bond acceptors (Lipinski definition) is 1. The molecule has 0 aliphatic heterocycles. The lowest BCUT2D eigenvalue weighted by molar-refractivity contribution is 0.151. The molecule has 1 atom stereocenters. The summed E-state index contributed by atoms with van der Waals surface area (Å²) in [5, 5.41) is 0. The molecular weight excluding hydrogens is 184 g/mol. The van der Waals surface area contributed by atoms with Crippen molar-refractivity contribution < 1.29 is 8.78 Å². The summed E-state index contributed by atoms with van der Waals surface area (Å²) in [7, 11) is 0. The third-order valence-corrected chi connectivity index (χ3v) is 2.78. The molecule has 0 aromatic heterocycles. The number of benzene rings is 1. The van der Waals surface area contributed by atoms with Crippen molar-refractivity contribution in [3.05, 3.63) is 34.9 Å². The first-order valence-corrected chi connectivity index (χ1v) is 4.85. The van der Waals surface area contributed by atoms with Crippen molar-refractivity contribution in [3.8, 4) is 0 Å². The molecule has 76 valence electrons. The second kappa shape index (κ2) is 3.65. The van der Waals surface area contributed by atoms with E-state index in [1.54, 1.807) is 12.1 Å².